The largest absolute Gasteiger partial charge is 0.442 e. The zero-order valence-corrected chi connectivity index (χ0v) is 13.8. The summed E-state index contributed by atoms with van der Waals surface area (Å²) in [5.74, 6) is -0.466. The highest BCUT2D eigenvalue weighted by Crippen LogP contribution is 2.47. The number of hydrogen-bond donors (Lipinski definition) is 1. The average molecular weight is 351 g/mol. The molecule has 3 atom stereocenters. The van der Waals surface area contributed by atoms with Gasteiger partial charge in [0.1, 0.15) is 11.8 Å². The maximum Gasteiger partial charge on any atom is 0.414 e. The Kier molecular flexibility index (Phi) is 3.77. The molecule has 0 unspecified atom stereocenters. The SMILES string of the molecule is CC(=O)NC[C@H]1CN(c2cc(F)c(N3C[C@H]4C[C@H]4C3)c(F)c2)C(=O)O1. The second-order valence-corrected chi connectivity index (χ2v) is 6.97. The van der Waals surface area contributed by atoms with Gasteiger partial charge in [-0.25, -0.2) is 13.6 Å². The minimum absolute atomic E-state index is 0.0155. The Morgan fingerprint density at radius 2 is 1.88 bits per heavy atom. The van der Waals surface area contributed by atoms with Crippen molar-refractivity contribution in [1.82, 2.24) is 5.32 Å². The van der Waals surface area contributed by atoms with E-state index in [0.717, 1.165) is 6.42 Å². The third-order valence-electron chi connectivity index (χ3n) is 5.06. The van der Waals surface area contributed by atoms with Crippen LogP contribution >= 0.6 is 0 Å². The van der Waals surface area contributed by atoms with Gasteiger partial charge in [-0.3, -0.25) is 9.69 Å². The standard InChI is InChI=1S/C17H19F2N3O3/c1-9(23)20-5-13-8-22(17(24)25-13)12-3-14(18)16(15(19)4-12)21-6-10-2-11(10)7-21/h3-4,10-11,13H,2,5-8H2,1H3,(H,20,23)/t10-,11+,13-/m0/s1. The van der Waals surface area contributed by atoms with Crippen LogP contribution in [-0.4, -0.2) is 44.3 Å². The number of rotatable bonds is 4. The molecule has 8 heteroatoms. The molecule has 2 amide bonds. The number of amides is 2. The fourth-order valence-corrected chi connectivity index (χ4v) is 3.69. The van der Waals surface area contributed by atoms with Crippen LogP contribution in [0.2, 0.25) is 0 Å². The Bertz CT molecular complexity index is 709. The van der Waals surface area contributed by atoms with Crippen LogP contribution in [-0.2, 0) is 9.53 Å². The molecule has 6 nitrogen and oxygen atoms in total. The molecule has 3 aliphatic rings. The molecule has 0 bridgehead atoms. The van der Waals surface area contributed by atoms with Crippen LogP contribution in [0.5, 0.6) is 0 Å². The fraction of sp³-hybridized carbons (Fsp3) is 0.529. The number of piperidine rings is 1. The smallest absolute Gasteiger partial charge is 0.414 e. The molecule has 0 spiro atoms. The Morgan fingerprint density at radius 3 is 2.48 bits per heavy atom. The number of cyclic esters (lactones) is 1. The van der Waals surface area contributed by atoms with Crippen molar-refractivity contribution in [2.75, 3.05) is 36.0 Å². The predicted octanol–water partition coefficient (Wildman–Crippen LogP) is 1.88. The molecule has 1 aliphatic carbocycles. The van der Waals surface area contributed by atoms with Gasteiger partial charge in [0.15, 0.2) is 11.6 Å². The first-order chi connectivity index (χ1) is 11.9. The van der Waals surface area contributed by atoms with E-state index in [1.807, 2.05) is 0 Å². The summed E-state index contributed by atoms with van der Waals surface area (Å²) < 4.78 is 34.2. The highest BCUT2D eigenvalue weighted by atomic mass is 19.1. The van der Waals surface area contributed by atoms with Crippen molar-refractivity contribution in [2.24, 2.45) is 11.8 Å². The molecule has 25 heavy (non-hydrogen) atoms. The van der Waals surface area contributed by atoms with Gasteiger partial charge < -0.3 is 15.0 Å². The first kappa shape index (κ1) is 16.1. The van der Waals surface area contributed by atoms with E-state index in [1.54, 1.807) is 4.90 Å². The highest BCUT2D eigenvalue weighted by molar-refractivity contribution is 5.90. The van der Waals surface area contributed by atoms with Crippen LogP contribution < -0.4 is 15.1 Å². The van der Waals surface area contributed by atoms with Crippen LogP contribution in [0.15, 0.2) is 12.1 Å². The third kappa shape index (κ3) is 3.01. The van der Waals surface area contributed by atoms with E-state index in [-0.39, 0.29) is 30.4 Å². The lowest BCUT2D eigenvalue weighted by molar-refractivity contribution is -0.119. The van der Waals surface area contributed by atoms with Gasteiger partial charge in [-0.05, 0) is 18.3 Å². The maximum atomic E-state index is 14.5. The average Bonchev–Trinajstić information content (AvgIpc) is 2.97. The number of benzene rings is 1. The van der Waals surface area contributed by atoms with Gasteiger partial charge in [0, 0.05) is 32.1 Å². The Balaban J connectivity index is 1.51. The lowest BCUT2D eigenvalue weighted by Gasteiger charge is -2.23. The molecule has 2 heterocycles. The summed E-state index contributed by atoms with van der Waals surface area (Å²) in [6.07, 6.45) is -0.0788. The topological polar surface area (TPSA) is 61.9 Å². The Hall–Kier alpha value is -2.38. The summed E-state index contributed by atoms with van der Waals surface area (Å²) in [6, 6.07) is 2.34. The van der Waals surface area contributed by atoms with Crippen molar-refractivity contribution in [3.8, 4) is 0 Å². The van der Waals surface area contributed by atoms with Gasteiger partial charge >= 0.3 is 6.09 Å². The van der Waals surface area contributed by atoms with Gasteiger partial charge in [0.25, 0.3) is 0 Å². The molecular formula is C17H19F2N3O3. The Labute approximate surface area is 143 Å². The summed E-state index contributed by atoms with van der Waals surface area (Å²) in [6.45, 7) is 3.02. The number of hydrogen-bond acceptors (Lipinski definition) is 4. The van der Waals surface area contributed by atoms with Crippen LogP contribution in [0.4, 0.5) is 25.0 Å². The summed E-state index contributed by atoms with van der Waals surface area (Å²) in [7, 11) is 0. The summed E-state index contributed by atoms with van der Waals surface area (Å²) in [5, 5.41) is 2.56. The lowest BCUT2D eigenvalue weighted by atomic mass is 10.2. The molecule has 1 N–H and O–H groups in total. The Morgan fingerprint density at radius 1 is 1.24 bits per heavy atom. The number of nitrogens with zero attached hydrogens (tertiary/aromatic N) is 2. The molecule has 1 aromatic carbocycles. The molecule has 0 aromatic heterocycles. The number of halogens is 2. The molecule has 2 aliphatic heterocycles. The number of ether oxygens (including phenoxy) is 1. The quantitative estimate of drug-likeness (QED) is 0.900. The van der Waals surface area contributed by atoms with Gasteiger partial charge in [0.2, 0.25) is 5.91 Å². The van der Waals surface area contributed by atoms with Gasteiger partial charge in [-0.2, -0.15) is 0 Å². The van der Waals surface area contributed by atoms with E-state index < -0.39 is 23.8 Å². The normalized spacial score (nSPS) is 27.3. The highest BCUT2D eigenvalue weighted by Gasteiger charge is 2.46. The number of anilines is 2. The van der Waals surface area contributed by atoms with Crippen molar-refractivity contribution in [3.63, 3.8) is 0 Å². The van der Waals surface area contributed by atoms with Gasteiger partial charge in [0.05, 0.1) is 18.8 Å². The van der Waals surface area contributed by atoms with Crippen molar-refractivity contribution < 1.29 is 23.1 Å². The summed E-state index contributed by atoms with van der Waals surface area (Å²) in [4.78, 5) is 25.9. The lowest BCUT2D eigenvalue weighted by Crippen LogP contribution is -2.33. The van der Waals surface area contributed by atoms with Crippen LogP contribution in [0, 0.1) is 23.5 Å². The van der Waals surface area contributed by atoms with Crippen molar-refractivity contribution in [3.05, 3.63) is 23.8 Å². The van der Waals surface area contributed by atoms with Crippen molar-refractivity contribution in [1.29, 1.82) is 0 Å². The number of nitrogens with one attached hydrogen (secondary N) is 1. The van der Waals surface area contributed by atoms with Crippen molar-refractivity contribution >= 4 is 23.4 Å². The molecule has 0 radical (unpaired) electrons. The molecule has 1 saturated carbocycles. The minimum Gasteiger partial charge on any atom is -0.442 e. The van der Waals surface area contributed by atoms with Gasteiger partial charge in [-0.15, -0.1) is 0 Å². The molecule has 134 valence electrons. The fourth-order valence-electron chi connectivity index (χ4n) is 3.69. The molecule has 1 aromatic rings. The second kappa shape index (κ2) is 5.86. The monoisotopic (exact) mass is 351 g/mol. The molecule has 4 rings (SSSR count). The first-order valence-corrected chi connectivity index (χ1v) is 8.39. The van der Waals surface area contributed by atoms with E-state index in [9.17, 15) is 18.4 Å². The maximum absolute atomic E-state index is 14.5. The van der Waals surface area contributed by atoms with E-state index in [1.165, 1.54) is 24.0 Å². The zero-order chi connectivity index (χ0) is 17.7. The van der Waals surface area contributed by atoms with E-state index >= 15 is 0 Å². The van der Waals surface area contributed by atoms with Gasteiger partial charge in [-0.1, -0.05) is 0 Å². The third-order valence-corrected chi connectivity index (χ3v) is 5.06. The predicted molar refractivity (Wildman–Crippen MR) is 86.5 cm³/mol. The summed E-state index contributed by atoms with van der Waals surface area (Å²) in [5.41, 5.74) is 0.108. The second-order valence-electron chi connectivity index (χ2n) is 6.97. The molecule has 2 saturated heterocycles. The molecular weight excluding hydrogens is 332 g/mol. The zero-order valence-electron chi connectivity index (χ0n) is 13.8. The number of carbonyl (C=O) groups excluding carboxylic acids is 2. The van der Waals surface area contributed by atoms with E-state index in [2.05, 4.69) is 5.32 Å². The summed E-state index contributed by atoms with van der Waals surface area (Å²) >= 11 is 0. The minimum atomic E-state index is -0.677. The van der Waals surface area contributed by atoms with E-state index in [4.69, 9.17) is 4.74 Å². The molecule has 3 fully saturated rings. The number of fused-ring (bicyclic) bond motifs is 1. The van der Waals surface area contributed by atoms with Crippen LogP contribution in [0.1, 0.15) is 13.3 Å². The van der Waals surface area contributed by atoms with Crippen molar-refractivity contribution in [2.45, 2.75) is 19.4 Å². The first-order valence-electron chi connectivity index (χ1n) is 8.39. The van der Waals surface area contributed by atoms with E-state index in [0.29, 0.717) is 24.9 Å². The number of carbonyl (C=O) groups is 2. The van der Waals surface area contributed by atoms with Crippen LogP contribution in [0.25, 0.3) is 0 Å². The van der Waals surface area contributed by atoms with Crippen LogP contribution in [0.3, 0.4) is 0 Å².